The molecule has 3 rings (SSSR count). The van der Waals surface area contributed by atoms with Gasteiger partial charge >= 0.3 is 0 Å². The van der Waals surface area contributed by atoms with Gasteiger partial charge in [-0.25, -0.2) is 4.98 Å². The second-order valence-electron chi connectivity index (χ2n) is 4.49. The molecule has 0 aliphatic heterocycles. The van der Waals surface area contributed by atoms with E-state index in [-0.39, 0.29) is 0 Å². The zero-order valence-electron chi connectivity index (χ0n) is 10.6. The van der Waals surface area contributed by atoms with Gasteiger partial charge in [-0.1, -0.05) is 18.2 Å². The van der Waals surface area contributed by atoms with E-state index in [9.17, 15) is 0 Å². The lowest BCUT2D eigenvalue weighted by molar-refractivity contribution is 1.09. The predicted molar refractivity (Wildman–Crippen MR) is 82.3 cm³/mol. The summed E-state index contributed by atoms with van der Waals surface area (Å²) >= 11 is 3.38. The number of anilines is 1. The van der Waals surface area contributed by atoms with Crippen molar-refractivity contribution in [2.45, 2.75) is 13.5 Å². The Hall–Kier alpha value is -1.81. The standard InChI is InChI=1S/C15H14BrN3/c1-10-13(12-4-2-3-5-14(12)19-10)9-18-15-7-6-11(16)8-17-15/h2-8,19H,9H2,1H3,(H,17,18). The number of hydrogen-bond acceptors (Lipinski definition) is 2. The Labute approximate surface area is 120 Å². The predicted octanol–water partition coefficient (Wildman–Crippen LogP) is 4.25. The maximum Gasteiger partial charge on any atom is 0.126 e. The molecule has 3 nitrogen and oxygen atoms in total. The summed E-state index contributed by atoms with van der Waals surface area (Å²) in [6, 6.07) is 12.3. The smallest absolute Gasteiger partial charge is 0.126 e. The van der Waals surface area contributed by atoms with E-state index in [1.807, 2.05) is 18.2 Å². The van der Waals surface area contributed by atoms with Crippen LogP contribution in [0.4, 0.5) is 5.82 Å². The van der Waals surface area contributed by atoms with Crippen LogP contribution in [0.5, 0.6) is 0 Å². The normalized spacial score (nSPS) is 10.8. The maximum atomic E-state index is 4.32. The Balaban J connectivity index is 1.85. The fraction of sp³-hybridized carbons (Fsp3) is 0.133. The highest BCUT2D eigenvalue weighted by molar-refractivity contribution is 9.10. The summed E-state index contributed by atoms with van der Waals surface area (Å²) in [7, 11) is 0. The second-order valence-corrected chi connectivity index (χ2v) is 5.41. The molecule has 0 saturated heterocycles. The summed E-state index contributed by atoms with van der Waals surface area (Å²) in [5, 5.41) is 4.62. The van der Waals surface area contributed by atoms with Crippen LogP contribution in [0.2, 0.25) is 0 Å². The monoisotopic (exact) mass is 315 g/mol. The lowest BCUT2D eigenvalue weighted by atomic mass is 10.1. The number of benzene rings is 1. The van der Waals surface area contributed by atoms with E-state index in [4.69, 9.17) is 0 Å². The van der Waals surface area contributed by atoms with Crippen molar-refractivity contribution in [1.29, 1.82) is 0 Å². The summed E-state index contributed by atoms with van der Waals surface area (Å²) < 4.78 is 0.987. The lowest BCUT2D eigenvalue weighted by Gasteiger charge is -2.06. The van der Waals surface area contributed by atoms with Crippen molar-refractivity contribution < 1.29 is 0 Å². The number of H-pyrrole nitrogens is 1. The van der Waals surface area contributed by atoms with Gasteiger partial charge in [0.2, 0.25) is 0 Å². The van der Waals surface area contributed by atoms with E-state index in [2.05, 4.69) is 56.3 Å². The van der Waals surface area contributed by atoms with Gasteiger partial charge in [-0.2, -0.15) is 0 Å². The summed E-state index contributed by atoms with van der Waals surface area (Å²) in [6.45, 7) is 2.87. The molecule has 2 N–H and O–H groups in total. The number of para-hydroxylation sites is 1. The summed E-state index contributed by atoms with van der Waals surface area (Å²) in [5.41, 5.74) is 3.67. The minimum atomic E-state index is 0.768. The van der Waals surface area contributed by atoms with Gasteiger partial charge in [0, 0.05) is 33.8 Å². The number of fused-ring (bicyclic) bond motifs is 1. The molecular weight excluding hydrogens is 302 g/mol. The topological polar surface area (TPSA) is 40.7 Å². The average Bonchev–Trinajstić information content (AvgIpc) is 2.74. The average molecular weight is 316 g/mol. The van der Waals surface area contributed by atoms with E-state index < -0.39 is 0 Å². The number of halogens is 1. The molecule has 2 aromatic heterocycles. The molecule has 3 aromatic rings. The van der Waals surface area contributed by atoms with Crippen LogP contribution in [0, 0.1) is 6.92 Å². The maximum absolute atomic E-state index is 4.32. The molecule has 0 aliphatic carbocycles. The van der Waals surface area contributed by atoms with Crippen LogP contribution >= 0.6 is 15.9 Å². The molecule has 0 saturated carbocycles. The molecule has 96 valence electrons. The number of nitrogens with one attached hydrogen (secondary N) is 2. The number of aromatic amines is 1. The van der Waals surface area contributed by atoms with Crippen molar-refractivity contribution in [2.75, 3.05) is 5.32 Å². The molecule has 0 unspecified atom stereocenters. The molecule has 0 fully saturated rings. The van der Waals surface area contributed by atoms with Crippen LogP contribution in [0.1, 0.15) is 11.3 Å². The van der Waals surface area contributed by atoms with Gasteiger partial charge in [-0.05, 0) is 46.6 Å². The Morgan fingerprint density at radius 3 is 2.84 bits per heavy atom. The fourth-order valence-corrected chi connectivity index (χ4v) is 2.46. The zero-order chi connectivity index (χ0) is 13.2. The van der Waals surface area contributed by atoms with Gasteiger partial charge in [0.25, 0.3) is 0 Å². The lowest BCUT2D eigenvalue weighted by Crippen LogP contribution is -2.01. The van der Waals surface area contributed by atoms with E-state index in [1.54, 1.807) is 6.20 Å². The number of nitrogens with zero attached hydrogens (tertiary/aromatic N) is 1. The Kier molecular flexibility index (Phi) is 3.25. The van der Waals surface area contributed by atoms with Crippen molar-refractivity contribution in [1.82, 2.24) is 9.97 Å². The summed E-state index contributed by atoms with van der Waals surface area (Å²) in [5.74, 6) is 0.882. The SMILES string of the molecule is Cc1[nH]c2ccccc2c1CNc1ccc(Br)cn1. The molecule has 0 bridgehead atoms. The number of pyridine rings is 1. The molecule has 0 spiro atoms. The molecule has 1 aromatic carbocycles. The molecule has 0 amide bonds. The van der Waals surface area contributed by atoms with Gasteiger partial charge in [0.15, 0.2) is 0 Å². The summed E-state index contributed by atoms with van der Waals surface area (Å²) in [6.07, 6.45) is 1.80. The molecule has 19 heavy (non-hydrogen) atoms. The van der Waals surface area contributed by atoms with Crippen LogP contribution < -0.4 is 5.32 Å². The van der Waals surface area contributed by atoms with E-state index in [0.29, 0.717) is 0 Å². The Bertz CT molecular complexity index is 701. The largest absolute Gasteiger partial charge is 0.366 e. The van der Waals surface area contributed by atoms with Gasteiger partial charge < -0.3 is 10.3 Å². The molecule has 0 radical (unpaired) electrons. The third kappa shape index (κ3) is 2.49. The molecule has 2 heterocycles. The van der Waals surface area contributed by atoms with Crippen molar-refractivity contribution in [2.24, 2.45) is 0 Å². The van der Waals surface area contributed by atoms with Gasteiger partial charge in [0.1, 0.15) is 5.82 Å². The minimum Gasteiger partial charge on any atom is -0.366 e. The number of aryl methyl sites for hydroxylation is 1. The Morgan fingerprint density at radius 1 is 1.21 bits per heavy atom. The van der Waals surface area contributed by atoms with Crippen molar-refractivity contribution >= 4 is 32.7 Å². The first kappa shape index (κ1) is 12.2. The molecule has 4 heteroatoms. The fourth-order valence-electron chi connectivity index (χ4n) is 2.22. The highest BCUT2D eigenvalue weighted by Gasteiger charge is 2.07. The Morgan fingerprint density at radius 2 is 2.05 bits per heavy atom. The third-order valence-corrected chi connectivity index (χ3v) is 3.67. The molecule has 0 aliphatic rings. The number of rotatable bonds is 3. The van der Waals surface area contributed by atoms with Gasteiger partial charge in [0.05, 0.1) is 0 Å². The van der Waals surface area contributed by atoms with E-state index >= 15 is 0 Å². The van der Waals surface area contributed by atoms with Crippen molar-refractivity contribution in [3.8, 4) is 0 Å². The van der Waals surface area contributed by atoms with Crippen LogP contribution in [0.15, 0.2) is 47.1 Å². The van der Waals surface area contributed by atoms with Crippen LogP contribution in [0.25, 0.3) is 10.9 Å². The first-order chi connectivity index (χ1) is 9.24. The van der Waals surface area contributed by atoms with Crippen LogP contribution in [-0.2, 0) is 6.54 Å². The first-order valence-corrected chi connectivity index (χ1v) is 6.95. The van der Waals surface area contributed by atoms with E-state index in [1.165, 1.54) is 22.2 Å². The molecular formula is C15H14BrN3. The molecule has 0 atom stereocenters. The number of aromatic nitrogens is 2. The summed E-state index contributed by atoms with van der Waals surface area (Å²) in [4.78, 5) is 7.72. The minimum absolute atomic E-state index is 0.768. The third-order valence-electron chi connectivity index (χ3n) is 3.20. The van der Waals surface area contributed by atoms with Crippen molar-refractivity contribution in [3.05, 3.63) is 58.3 Å². The highest BCUT2D eigenvalue weighted by atomic mass is 79.9. The second kappa shape index (κ2) is 5.05. The quantitative estimate of drug-likeness (QED) is 0.758. The van der Waals surface area contributed by atoms with Crippen LogP contribution in [0.3, 0.4) is 0 Å². The first-order valence-electron chi connectivity index (χ1n) is 6.15. The highest BCUT2D eigenvalue weighted by Crippen LogP contribution is 2.22. The van der Waals surface area contributed by atoms with Gasteiger partial charge in [-0.3, -0.25) is 0 Å². The van der Waals surface area contributed by atoms with Crippen LogP contribution in [-0.4, -0.2) is 9.97 Å². The van der Waals surface area contributed by atoms with E-state index in [0.717, 1.165) is 16.8 Å². The van der Waals surface area contributed by atoms with Gasteiger partial charge in [-0.15, -0.1) is 0 Å². The van der Waals surface area contributed by atoms with Crippen molar-refractivity contribution in [3.63, 3.8) is 0 Å². The zero-order valence-corrected chi connectivity index (χ0v) is 12.2. The number of hydrogen-bond donors (Lipinski definition) is 2.